The highest BCUT2D eigenvalue weighted by Gasteiger charge is 2.57. The summed E-state index contributed by atoms with van der Waals surface area (Å²) >= 11 is 0. The van der Waals surface area contributed by atoms with Crippen molar-refractivity contribution in [1.29, 1.82) is 0 Å². The minimum atomic E-state index is 0.0254. The van der Waals surface area contributed by atoms with Gasteiger partial charge in [0.15, 0.2) is 0 Å². The summed E-state index contributed by atoms with van der Waals surface area (Å²) in [6.45, 7) is 2.32. The molecule has 2 bridgehead atoms. The van der Waals surface area contributed by atoms with Gasteiger partial charge in [0, 0.05) is 28.8 Å². The molecular weight excluding hydrogens is 460 g/mol. The molecule has 0 radical (unpaired) electrons. The first-order valence-corrected chi connectivity index (χ1v) is 14.2. The summed E-state index contributed by atoms with van der Waals surface area (Å²) in [5.41, 5.74) is 4.54. The van der Waals surface area contributed by atoms with Crippen molar-refractivity contribution in [2.45, 2.75) is 70.8 Å². The van der Waals surface area contributed by atoms with Gasteiger partial charge in [0.25, 0.3) is 5.91 Å². The van der Waals surface area contributed by atoms with E-state index < -0.39 is 0 Å². The van der Waals surface area contributed by atoms with E-state index in [1.165, 1.54) is 44.9 Å². The lowest BCUT2D eigenvalue weighted by atomic mass is 9.80. The van der Waals surface area contributed by atoms with Gasteiger partial charge in [-0.05, 0) is 92.0 Å². The number of imidazole rings is 1. The minimum absolute atomic E-state index is 0.0254. The van der Waals surface area contributed by atoms with E-state index in [4.69, 9.17) is 4.98 Å². The molecule has 0 saturated heterocycles. The third-order valence-electron chi connectivity index (χ3n) is 10.1. The van der Waals surface area contributed by atoms with Gasteiger partial charge in [0.1, 0.15) is 5.82 Å². The number of hydrogen-bond acceptors (Lipinski definition) is 3. The summed E-state index contributed by atoms with van der Waals surface area (Å²) in [5, 5.41) is 6.50. The molecule has 6 atom stereocenters. The number of nitrogens with zero attached hydrogens (tertiary/aromatic N) is 1. The van der Waals surface area contributed by atoms with E-state index in [-0.39, 0.29) is 17.7 Å². The van der Waals surface area contributed by atoms with E-state index in [0.717, 1.165) is 52.8 Å². The molecule has 6 heteroatoms. The Bertz CT molecular complexity index is 1360. The topological polar surface area (TPSA) is 86.9 Å². The zero-order valence-corrected chi connectivity index (χ0v) is 21.6. The molecule has 2 aromatic carbocycles. The Kier molecular flexibility index (Phi) is 5.42. The molecule has 4 aliphatic rings. The molecule has 0 aliphatic heterocycles. The Hall–Kier alpha value is -3.15. The lowest BCUT2D eigenvalue weighted by Gasteiger charge is -2.33. The summed E-state index contributed by atoms with van der Waals surface area (Å²) in [6, 6.07) is 13.9. The third-order valence-corrected chi connectivity index (χ3v) is 10.1. The Morgan fingerprint density at radius 2 is 1.86 bits per heavy atom. The molecule has 192 valence electrons. The average molecular weight is 497 g/mol. The quantitative estimate of drug-likeness (QED) is 0.387. The minimum Gasteiger partial charge on any atom is -0.349 e. The van der Waals surface area contributed by atoms with Gasteiger partial charge in [0.2, 0.25) is 5.91 Å². The second kappa shape index (κ2) is 8.71. The van der Waals surface area contributed by atoms with Gasteiger partial charge in [-0.2, -0.15) is 0 Å². The first kappa shape index (κ1) is 23.0. The van der Waals surface area contributed by atoms with E-state index >= 15 is 0 Å². The van der Waals surface area contributed by atoms with Gasteiger partial charge in [-0.15, -0.1) is 0 Å². The molecular formula is C31H36N4O2. The molecule has 3 aromatic rings. The van der Waals surface area contributed by atoms with Gasteiger partial charge in [0.05, 0.1) is 11.0 Å². The number of amides is 2. The van der Waals surface area contributed by atoms with Crippen LogP contribution in [0.15, 0.2) is 42.5 Å². The van der Waals surface area contributed by atoms with Crippen molar-refractivity contribution in [3.63, 3.8) is 0 Å². The maximum atomic E-state index is 13.0. The number of fused-ring (bicyclic) bond motifs is 3. The van der Waals surface area contributed by atoms with Crippen LogP contribution in [-0.4, -0.2) is 27.8 Å². The number of benzene rings is 2. The zero-order chi connectivity index (χ0) is 25.1. The second-order valence-corrected chi connectivity index (χ2v) is 12.3. The Balaban J connectivity index is 1.03. The van der Waals surface area contributed by atoms with Crippen LogP contribution in [0.4, 0.5) is 5.69 Å². The van der Waals surface area contributed by atoms with Crippen LogP contribution in [0.25, 0.3) is 22.4 Å². The van der Waals surface area contributed by atoms with Crippen LogP contribution < -0.4 is 10.6 Å². The molecule has 3 N–H and O–H groups in total. The van der Waals surface area contributed by atoms with Crippen molar-refractivity contribution in [2.75, 3.05) is 5.32 Å². The number of hydrogen-bond donors (Lipinski definition) is 3. The van der Waals surface area contributed by atoms with E-state index in [1.807, 2.05) is 42.5 Å². The Labute approximate surface area is 218 Å². The highest BCUT2D eigenvalue weighted by molar-refractivity contribution is 5.96. The number of H-pyrrole nitrogens is 1. The van der Waals surface area contributed by atoms with Crippen molar-refractivity contribution in [3.05, 3.63) is 48.0 Å². The molecule has 1 spiro atoms. The number of carbonyl (C=O) groups is 2. The van der Waals surface area contributed by atoms with Gasteiger partial charge in [-0.1, -0.05) is 38.3 Å². The van der Waals surface area contributed by atoms with Crippen LogP contribution in [0.2, 0.25) is 0 Å². The molecule has 1 aromatic heterocycles. The zero-order valence-electron chi connectivity index (χ0n) is 21.6. The normalized spacial score (nSPS) is 32.1. The number of rotatable bonds is 5. The van der Waals surface area contributed by atoms with Gasteiger partial charge in [-0.25, -0.2) is 4.98 Å². The molecule has 7 rings (SSSR count). The molecule has 4 saturated carbocycles. The van der Waals surface area contributed by atoms with Crippen molar-refractivity contribution in [2.24, 2.45) is 29.1 Å². The maximum Gasteiger partial charge on any atom is 0.251 e. The fourth-order valence-corrected chi connectivity index (χ4v) is 7.87. The fraction of sp³-hybridized carbons (Fsp3) is 0.516. The van der Waals surface area contributed by atoms with Crippen molar-refractivity contribution >= 4 is 28.5 Å². The molecule has 1 heterocycles. The van der Waals surface area contributed by atoms with E-state index in [2.05, 4.69) is 22.5 Å². The number of aromatic amines is 1. The van der Waals surface area contributed by atoms with E-state index in [1.54, 1.807) is 0 Å². The van der Waals surface area contributed by atoms with E-state index in [0.29, 0.717) is 22.9 Å². The first-order chi connectivity index (χ1) is 18.0. The Morgan fingerprint density at radius 1 is 1.03 bits per heavy atom. The summed E-state index contributed by atoms with van der Waals surface area (Å²) in [6.07, 6.45) is 10.8. The lowest BCUT2D eigenvalue weighted by Crippen LogP contribution is -2.44. The number of anilines is 1. The van der Waals surface area contributed by atoms with Crippen LogP contribution >= 0.6 is 0 Å². The SMILES string of the molecule is CC1CC12CCCCC2NC(=O)c1ccc(-c2nc3ccc(NC(=O)C4CC5CCC4C5)cc3[nH]2)cc1. The number of carbonyl (C=O) groups excluding carboxylic acids is 2. The summed E-state index contributed by atoms with van der Waals surface area (Å²) in [5.74, 6) is 3.16. The predicted molar refractivity (Wildman–Crippen MR) is 145 cm³/mol. The van der Waals surface area contributed by atoms with Gasteiger partial charge >= 0.3 is 0 Å². The fourth-order valence-electron chi connectivity index (χ4n) is 7.87. The van der Waals surface area contributed by atoms with Gasteiger partial charge in [-0.3, -0.25) is 9.59 Å². The molecule has 37 heavy (non-hydrogen) atoms. The summed E-state index contributed by atoms with van der Waals surface area (Å²) < 4.78 is 0. The van der Waals surface area contributed by atoms with Crippen LogP contribution in [0.1, 0.15) is 75.1 Å². The smallest absolute Gasteiger partial charge is 0.251 e. The molecule has 2 amide bonds. The van der Waals surface area contributed by atoms with Crippen LogP contribution in [0.3, 0.4) is 0 Å². The number of aromatic nitrogens is 2. The monoisotopic (exact) mass is 496 g/mol. The first-order valence-electron chi connectivity index (χ1n) is 14.2. The largest absolute Gasteiger partial charge is 0.349 e. The third kappa shape index (κ3) is 4.05. The molecule has 6 nitrogen and oxygen atoms in total. The Morgan fingerprint density at radius 3 is 2.59 bits per heavy atom. The lowest BCUT2D eigenvalue weighted by molar-refractivity contribution is -0.121. The second-order valence-electron chi connectivity index (χ2n) is 12.3. The molecule has 4 fully saturated rings. The van der Waals surface area contributed by atoms with Crippen LogP contribution in [-0.2, 0) is 4.79 Å². The summed E-state index contributed by atoms with van der Waals surface area (Å²) in [4.78, 5) is 34.0. The highest BCUT2D eigenvalue weighted by Crippen LogP contribution is 2.61. The van der Waals surface area contributed by atoms with Crippen LogP contribution in [0.5, 0.6) is 0 Å². The maximum absolute atomic E-state index is 13.0. The average Bonchev–Trinajstić information content (AvgIpc) is 3.35. The predicted octanol–water partition coefficient (Wildman–Crippen LogP) is 6.30. The van der Waals surface area contributed by atoms with Crippen LogP contribution in [0, 0.1) is 29.1 Å². The van der Waals surface area contributed by atoms with E-state index in [9.17, 15) is 9.59 Å². The molecule has 6 unspecified atom stereocenters. The highest BCUT2D eigenvalue weighted by atomic mass is 16.2. The van der Waals surface area contributed by atoms with Crippen molar-refractivity contribution in [3.8, 4) is 11.4 Å². The molecule has 4 aliphatic carbocycles. The number of nitrogens with one attached hydrogen (secondary N) is 3. The van der Waals surface area contributed by atoms with Crippen molar-refractivity contribution in [1.82, 2.24) is 15.3 Å². The van der Waals surface area contributed by atoms with Crippen molar-refractivity contribution < 1.29 is 9.59 Å². The standard InChI is InChI=1S/C31H36N4O2/c1-18-17-31(18)13-3-2-4-27(31)35-29(36)21-9-7-20(8-10-21)28-33-25-12-11-23(16-26(25)34-28)32-30(37)24-15-19-5-6-22(24)14-19/h7-12,16,18-19,22,24,27H,2-6,13-15,17H2,1H3,(H,32,37)(H,33,34)(H,35,36). The van der Waals surface area contributed by atoms with Gasteiger partial charge < -0.3 is 15.6 Å². The summed E-state index contributed by atoms with van der Waals surface area (Å²) in [7, 11) is 0.